The van der Waals surface area contributed by atoms with E-state index in [2.05, 4.69) is 21.9 Å². The molecule has 1 unspecified atom stereocenters. The van der Waals surface area contributed by atoms with Crippen molar-refractivity contribution in [2.75, 3.05) is 25.0 Å². The molecule has 0 aromatic heterocycles. The Morgan fingerprint density at radius 2 is 2.00 bits per heavy atom. The van der Waals surface area contributed by atoms with Crippen molar-refractivity contribution in [3.05, 3.63) is 24.3 Å². The number of likely N-dealkylation sites (tertiary alicyclic amines) is 1. The second kappa shape index (κ2) is 8.17. The van der Waals surface area contributed by atoms with E-state index in [4.69, 9.17) is 0 Å². The van der Waals surface area contributed by atoms with Gasteiger partial charge in [-0.3, -0.25) is 0 Å². The van der Waals surface area contributed by atoms with Crippen LogP contribution >= 0.6 is 0 Å². The highest BCUT2D eigenvalue weighted by Crippen LogP contribution is 2.21. The van der Waals surface area contributed by atoms with Crippen molar-refractivity contribution in [3.8, 4) is 5.75 Å². The fourth-order valence-corrected chi connectivity index (χ4v) is 2.81. The number of hydrogen-bond donors (Lipinski definition) is 1. The minimum atomic E-state index is -2.77. The summed E-state index contributed by atoms with van der Waals surface area (Å²) in [7, 11) is 0. The van der Waals surface area contributed by atoms with Gasteiger partial charge < -0.3 is 15.0 Å². The van der Waals surface area contributed by atoms with Gasteiger partial charge in [0.1, 0.15) is 5.75 Å². The number of ether oxygens (including phenoxy) is 1. The van der Waals surface area contributed by atoms with Crippen molar-refractivity contribution in [2.24, 2.45) is 0 Å². The Labute approximate surface area is 125 Å². The van der Waals surface area contributed by atoms with Crippen LogP contribution in [0.2, 0.25) is 0 Å². The molecule has 1 atom stereocenters. The summed E-state index contributed by atoms with van der Waals surface area (Å²) in [5.41, 5.74) is 0.963. The summed E-state index contributed by atoms with van der Waals surface area (Å²) in [6, 6.07) is 7.20. The van der Waals surface area contributed by atoms with Crippen molar-refractivity contribution < 1.29 is 13.5 Å². The summed E-state index contributed by atoms with van der Waals surface area (Å²) in [5.74, 6) is 0.200. The summed E-state index contributed by atoms with van der Waals surface area (Å²) in [4.78, 5) is 2.52. The van der Waals surface area contributed by atoms with Gasteiger partial charge in [-0.25, -0.2) is 0 Å². The Morgan fingerprint density at radius 3 is 2.67 bits per heavy atom. The highest BCUT2D eigenvalue weighted by atomic mass is 19.3. The lowest BCUT2D eigenvalue weighted by molar-refractivity contribution is -0.0498. The SMILES string of the molecule is CCCN1CCCC(Nc2ccc(OC(F)F)cc2)CC1. The van der Waals surface area contributed by atoms with Crippen LogP contribution in [0.4, 0.5) is 14.5 Å². The van der Waals surface area contributed by atoms with Gasteiger partial charge in [-0.05, 0) is 63.0 Å². The molecule has 0 bridgehead atoms. The van der Waals surface area contributed by atoms with E-state index >= 15 is 0 Å². The Bertz CT molecular complexity index is 411. The first-order valence-corrected chi connectivity index (χ1v) is 7.71. The summed E-state index contributed by atoms with van der Waals surface area (Å²) in [5, 5.41) is 3.49. The number of benzene rings is 1. The lowest BCUT2D eigenvalue weighted by Gasteiger charge is -2.20. The molecule has 1 aliphatic heterocycles. The van der Waals surface area contributed by atoms with Crippen molar-refractivity contribution in [2.45, 2.75) is 45.3 Å². The van der Waals surface area contributed by atoms with E-state index < -0.39 is 6.61 Å². The first kappa shape index (κ1) is 16.0. The van der Waals surface area contributed by atoms with Crippen molar-refractivity contribution in [1.82, 2.24) is 4.90 Å². The van der Waals surface area contributed by atoms with Crippen LogP contribution in [0.1, 0.15) is 32.6 Å². The molecule has 0 spiro atoms. The Morgan fingerprint density at radius 1 is 1.24 bits per heavy atom. The average molecular weight is 298 g/mol. The molecule has 0 amide bonds. The number of alkyl halides is 2. The topological polar surface area (TPSA) is 24.5 Å². The quantitative estimate of drug-likeness (QED) is 0.860. The molecule has 2 rings (SSSR count). The molecule has 1 N–H and O–H groups in total. The zero-order chi connectivity index (χ0) is 15.1. The fourth-order valence-electron chi connectivity index (χ4n) is 2.81. The number of anilines is 1. The second-order valence-corrected chi connectivity index (χ2v) is 5.52. The molecule has 5 heteroatoms. The van der Waals surface area contributed by atoms with Crippen LogP contribution in [0, 0.1) is 0 Å². The van der Waals surface area contributed by atoms with E-state index in [1.807, 2.05) is 0 Å². The lowest BCUT2D eigenvalue weighted by atomic mass is 10.1. The predicted molar refractivity (Wildman–Crippen MR) is 81.1 cm³/mol. The normalized spacial score (nSPS) is 20.3. The maximum atomic E-state index is 12.1. The van der Waals surface area contributed by atoms with Crippen LogP contribution in [0.5, 0.6) is 5.75 Å². The number of halogens is 2. The zero-order valence-electron chi connectivity index (χ0n) is 12.5. The van der Waals surface area contributed by atoms with Gasteiger partial charge in [0.25, 0.3) is 0 Å². The van der Waals surface area contributed by atoms with E-state index in [0.29, 0.717) is 6.04 Å². The van der Waals surface area contributed by atoms with Crippen molar-refractivity contribution >= 4 is 5.69 Å². The van der Waals surface area contributed by atoms with Gasteiger partial charge in [-0.2, -0.15) is 8.78 Å². The molecule has 1 saturated heterocycles. The average Bonchev–Trinajstić information content (AvgIpc) is 2.67. The third kappa shape index (κ3) is 5.50. The molecule has 1 fully saturated rings. The second-order valence-electron chi connectivity index (χ2n) is 5.52. The van der Waals surface area contributed by atoms with Crippen LogP contribution in [0.25, 0.3) is 0 Å². The molecule has 0 radical (unpaired) electrons. The monoisotopic (exact) mass is 298 g/mol. The summed E-state index contributed by atoms with van der Waals surface area (Å²) < 4.78 is 28.5. The number of nitrogens with one attached hydrogen (secondary N) is 1. The van der Waals surface area contributed by atoms with E-state index in [1.165, 1.54) is 25.9 Å². The van der Waals surface area contributed by atoms with Crippen molar-refractivity contribution in [1.29, 1.82) is 0 Å². The molecule has 21 heavy (non-hydrogen) atoms. The zero-order valence-corrected chi connectivity index (χ0v) is 12.5. The Kier molecular flexibility index (Phi) is 6.23. The number of nitrogens with zero attached hydrogens (tertiary/aromatic N) is 1. The molecule has 3 nitrogen and oxygen atoms in total. The fraction of sp³-hybridized carbons (Fsp3) is 0.625. The highest BCUT2D eigenvalue weighted by Gasteiger charge is 2.16. The van der Waals surface area contributed by atoms with E-state index in [9.17, 15) is 8.78 Å². The molecular weight excluding hydrogens is 274 g/mol. The van der Waals surface area contributed by atoms with Crippen LogP contribution < -0.4 is 10.1 Å². The Hall–Kier alpha value is -1.36. The number of hydrogen-bond acceptors (Lipinski definition) is 3. The van der Waals surface area contributed by atoms with E-state index in [0.717, 1.165) is 25.1 Å². The van der Waals surface area contributed by atoms with Gasteiger partial charge in [0.15, 0.2) is 0 Å². The summed E-state index contributed by atoms with van der Waals surface area (Å²) >= 11 is 0. The van der Waals surface area contributed by atoms with Crippen LogP contribution in [0.15, 0.2) is 24.3 Å². The molecule has 118 valence electrons. The lowest BCUT2D eigenvalue weighted by Crippen LogP contribution is -2.27. The van der Waals surface area contributed by atoms with Gasteiger partial charge in [0.05, 0.1) is 0 Å². The molecule has 1 aliphatic rings. The third-order valence-electron chi connectivity index (χ3n) is 3.81. The highest BCUT2D eigenvalue weighted by molar-refractivity contribution is 5.47. The first-order valence-electron chi connectivity index (χ1n) is 7.71. The van der Waals surface area contributed by atoms with Gasteiger partial charge in [0, 0.05) is 18.3 Å². The largest absolute Gasteiger partial charge is 0.435 e. The summed E-state index contributed by atoms with van der Waals surface area (Å²) in [6.45, 7) is 2.91. The van der Waals surface area contributed by atoms with E-state index in [1.54, 1.807) is 24.3 Å². The smallest absolute Gasteiger partial charge is 0.387 e. The van der Waals surface area contributed by atoms with E-state index in [-0.39, 0.29) is 5.75 Å². The molecule has 0 saturated carbocycles. The summed E-state index contributed by atoms with van der Waals surface area (Å²) in [6.07, 6.45) is 4.67. The molecular formula is C16H24F2N2O. The van der Waals surface area contributed by atoms with Gasteiger partial charge >= 0.3 is 6.61 Å². The van der Waals surface area contributed by atoms with Crippen molar-refractivity contribution in [3.63, 3.8) is 0 Å². The molecule has 1 aromatic rings. The first-order chi connectivity index (χ1) is 10.2. The van der Waals surface area contributed by atoms with Gasteiger partial charge in [-0.1, -0.05) is 6.92 Å². The minimum absolute atomic E-state index is 0.200. The molecule has 1 aromatic carbocycles. The Balaban J connectivity index is 1.83. The standard InChI is InChI=1S/C16H24F2N2O/c1-2-10-20-11-3-4-13(9-12-20)19-14-5-7-15(8-6-14)21-16(17)18/h5-8,13,16,19H,2-4,9-12H2,1H3. The predicted octanol–water partition coefficient (Wildman–Crippen LogP) is 3.96. The van der Waals surface area contributed by atoms with Crippen LogP contribution in [-0.4, -0.2) is 37.2 Å². The van der Waals surface area contributed by atoms with Gasteiger partial charge in [-0.15, -0.1) is 0 Å². The maximum Gasteiger partial charge on any atom is 0.387 e. The molecule has 1 heterocycles. The maximum absolute atomic E-state index is 12.1. The van der Waals surface area contributed by atoms with Gasteiger partial charge in [0.2, 0.25) is 0 Å². The number of rotatable bonds is 6. The molecule has 0 aliphatic carbocycles. The van der Waals surface area contributed by atoms with Crippen LogP contribution in [-0.2, 0) is 0 Å². The minimum Gasteiger partial charge on any atom is -0.435 e. The third-order valence-corrected chi connectivity index (χ3v) is 3.81. The van der Waals surface area contributed by atoms with Crippen LogP contribution in [0.3, 0.4) is 0 Å².